The molecule has 1 aliphatic rings. The van der Waals surface area contributed by atoms with Crippen LogP contribution in [0.1, 0.15) is 50.7 Å². The number of aliphatic carboxylic acids is 1. The third-order valence-corrected chi connectivity index (χ3v) is 7.17. The molecule has 0 unspecified atom stereocenters. The van der Waals surface area contributed by atoms with E-state index in [1.54, 1.807) is 26.0 Å². The van der Waals surface area contributed by atoms with Gasteiger partial charge < -0.3 is 10.4 Å². The number of amides is 1. The van der Waals surface area contributed by atoms with Crippen molar-refractivity contribution in [2.24, 2.45) is 5.41 Å². The van der Waals surface area contributed by atoms with Gasteiger partial charge in [-0.05, 0) is 55.4 Å². The monoisotopic (exact) mass is 381 g/mol. The number of sulfone groups is 1. The van der Waals surface area contributed by atoms with Crippen LogP contribution in [0, 0.1) is 5.41 Å². The van der Waals surface area contributed by atoms with Crippen LogP contribution < -0.4 is 5.32 Å². The summed E-state index contributed by atoms with van der Waals surface area (Å²) in [4.78, 5) is 23.7. The zero-order valence-corrected chi connectivity index (χ0v) is 16.2. The van der Waals surface area contributed by atoms with Gasteiger partial charge in [-0.15, -0.1) is 0 Å². The molecule has 1 amide bonds. The predicted molar refractivity (Wildman–Crippen MR) is 98.8 cm³/mol. The number of rotatable bonds is 9. The number of aryl methyl sites for hydroxylation is 2. The molecule has 2 rings (SSSR count). The van der Waals surface area contributed by atoms with Crippen LogP contribution in [0.15, 0.2) is 23.1 Å². The molecule has 0 radical (unpaired) electrons. The summed E-state index contributed by atoms with van der Waals surface area (Å²) in [6.07, 6.45) is 3.53. The van der Waals surface area contributed by atoms with E-state index in [1.807, 2.05) is 6.07 Å². The van der Waals surface area contributed by atoms with Crippen LogP contribution in [0.25, 0.3) is 0 Å². The van der Waals surface area contributed by atoms with Gasteiger partial charge in [-0.2, -0.15) is 0 Å². The molecule has 0 aromatic heterocycles. The van der Waals surface area contributed by atoms with Crippen molar-refractivity contribution in [1.29, 1.82) is 0 Å². The van der Waals surface area contributed by atoms with Crippen LogP contribution in [0.3, 0.4) is 0 Å². The Morgan fingerprint density at radius 1 is 1.15 bits per heavy atom. The van der Waals surface area contributed by atoms with Crippen molar-refractivity contribution < 1.29 is 23.1 Å². The number of carbonyl (C=O) groups is 2. The van der Waals surface area contributed by atoms with E-state index in [1.165, 1.54) is 5.56 Å². The zero-order valence-electron chi connectivity index (χ0n) is 15.4. The van der Waals surface area contributed by atoms with Crippen molar-refractivity contribution in [1.82, 2.24) is 5.32 Å². The van der Waals surface area contributed by atoms with Crippen LogP contribution in [0.4, 0.5) is 0 Å². The van der Waals surface area contributed by atoms with E-state index >= 15 is 0 Å². The highest BCUT2D eigenvalue weighted by Crippen LogP contribution is 2.26. The Morgan fingerprint density at radius 2 is 1.81 bits per heavy atom. The van der Waals surface area contributed by atoms with Gasteiger partial charge in [0.1, 0.15) is 0 Å². The van der Waals surface area contributed by atoms with Crippen molar-refractivity contribution >= 4 is 21.7 Å². The van der Waals surface area contributed by atoms with Gasteiger partial charge in [0.15, 0.2) is 9.84 Å². The van der Waals surface area contributed by atoms with Crippen molar-refractivity contribution in [3.8, 4) is 0 Å². The standard InChI is InChI=1S/C19H27NO5S/c1-3-19(4-2,18(22)23)13-20-17(21)10-11-26(24,25)16-9-8-14-6-5-7-15(14)12-16/h8-9,12H,3-7,10-11,13H2,1-2H3,(H,20,21)(H,22,23). The summed E-state index contributed by atoms with van der Waals surface area (Å²) in [7, 11) is -3.54. The highest BCUT2D eigenvalue weighted by Gasteiger charge is 2.35. The number of carbonyl (C=O) groups excluding carboxylic acids is 1. The van der Waals surface area contributed by atoms with E-state index in [0.29, 0.717) is 12.8 Å². The largest absolute Gasteiger partial charge is 0.481 e. The quantitative estimate of drug-likeness (QED) is 0.684. The number of nitrogens with one attached hydrogen (secondary N) is 1. The summed E-state index contributed by atoms with van der Waals surface area (Å²) in [6, 6.07) is 5.19. The highest BCUT2D eigenvalue weighted by molar-refractivity contribution is 7.91. The number of carboxylic acids is 1. The van der Waals surface area contributed by atoms with Crippen LogP contribution in [0.2, 0.25) is 0 Å². The first-order valence-corrected chi connectivity index (χ1v) is 10.7. The lowest BCUT2D eigenvalue weighted by molar-refractivity contribution is -0.149. The van der Waals surface area contributed by atoms with Crippen molar-refractivity contribution in [2.75, 3.05) is 12.3 Å². The normalized spacial score (nSPS) is 14.1. The second-order valence-corrected chi connectivity index (χ2v) is 9.03. The summed E-state index contributed by atoms with van der Waals surface area (Å²) in [6.45, 7) is 3.54. The van der Waals surface area contributed by atoms with Crippen LogP contribution in [-0.2, 0) is 32.3 Å². The van der Waals surface area contributed by atoms with Crippen molar-refractivity contribution in [3.63, 3.8) is 0 Å². The maximum Gasteiger partial charge on any atom is 0.311 e. The van der Waals surface area contributed by atoms with Crippen LogP contribution in [0.5, 0.6) is 0 Å². The van der Waals surface area contributed by atoms with Gasteiger partial charge in [-0.25, -0.2) is 8.42 Å². The van der Waals surface area contributed by atoms with E-state index in [2.05, 4.69) is 5.32 Å². The van der Waals surface area contributed by atoms with Crippen LogP contribution >= 0.6 is 0 Å². The first-order valence-electron chi connectivity index (χ1n) is 9.09. The molecule has 0 heterocycles. The van der Waals surface area contributed by atoms with E-state index in [4.69, 9.17) is 0 Å². The Bertz CT molecular complexity index is 781. The summed E-state index contributed by atoms with van der Waals surface area (Å²) >= 11 is 0. The van der Waals surface area contributed by atoms with E-state index in [-0.39, 0.29) is 23.6 Å². The summed E-state index contributed by atoms with van der Waals surface area (Å²) in [5.41, 5.74) is 1.27. The SMILES string of the molecule is CCC(CC)(CNC(=O)CCS(=O)(=O)c1ccc2c(c1)CCC2)C(=O)O. The van der Waals surface area contributed by atoms with Gasteiger partial charge in [0, 0.05) is 13.0 Å². The average molecular weight is 381 g/mol. The van der Waals surface area contributed by atoms with E-state index < -0.39 is 27.1 Å². The van der Waals surface area contributed by atoms with Gasteiger partial charge >= 0.3 is 5.97 Å². The fraction of sp³-hybridized carbons (Fsp3) is 0.579. The molecule has 0 spiro atoms. The first kappa shape index (κ1) is 20.4. The molecule has 7 heteroatoms. The Balaban J connectivity index is 1.95. The Labute approximate surface area is 154 Å². The molecule has 0 fully saturated rings. The minimum absolute atomic E-state index is 0.00700. The Morgan fingerprint density at radius 3 is 2.42 bits per heavy atom. The van der Waals surface area contributed by atoms with Gasteiger partial charge in [0.2, 0.25) is 5.91 Å². The highest BCUT2D eigenvalue weighted by atomic mass is 32.2. The topological polar surface area (TPSA) is 101 Å². The number of hydrogen-bond donors (Lipinski definition) is 2. The second kappa shape index (κ2) is 8.20. The Hall–Kier alpha value is -1.89. The molecule has 1 aliphatic carbocycles. The first-order chi connectivity index (χ1) is 12.2. The molecule has 2 N–H and O–H groups in total. The minimum atomic E-state index is -3.54. The molecule has 6 nitrogen and oxygen atoms in total. The zero-order chi connectivity index (χ0) is 19.4. The molecule has 0 saturated carbocycles. The van der Waals surface area contributed by atoms with E-state index in [0.717, 1.165) is 24.8 Å². The molecule has 0 bridgehead atoms. The van der Waals surface area contributed by atoms with E-state index in [9.17, 15) is 23.1 Å². The molecular weight excluding hydrogens is 354 g/mol. The number of benzene rings is 1. The molecule has 1 aromatic carbocycles. The lowest BCUT2D eigenvalue weighted by Gasteiger charge is -2.26. The average Bonchev–Trinajstić information content (AvgIpc) is 3.09. The second-order valence-electron chi connectivity index (χ2n) is 6.92. The molecule has 144 valence electrons. The van der Waals surface area contributed by atoms with Gasteiger partial charge in [0.05, 0.1) is 16.1 Å². The molecule has 0 saturated heterocycles. The fourth-order valence-electron chi connectivity index (χ4n) is 3.32. The summed E-state index contributed by atoms with van der Waals surface area (Å²) in [5, 5.41) is 12.0. The minimum Gasteiger partial charge on any atom is -0.481 e. The predicted octanol–water partition coefficient (Wildman–Crippen LogP) is 2.35. The molecule has 0 atom stereocenters. The molecule has 26 heavy (non-hydrogen) atoms. The summed E-state index contributed by atoms with van der Waals surface area (Å²) in [5.74, 6) is -1.67. The van der Waals surface area contributed by atoms with Crippen molar-refractivity contribution in [2.45, 2.75) is 57.3 Å². The lowest BCUT2D eigenvalue weighted by Crippen LogP contribution is -2.42. The molecule has 1 aromatic rings. The Kier molecular flexibility index (Phi) is 6.44. The van der Waals surface area contributed by atoms with Crippen molar-refractivity contribution in [3.05, 3.63) is 29.3 Å². The summed E-state index contributed by atoms with van der Waals surface area (Å²) < 4.78 is 25.0. The third kappa shape index (κ3) is 4.44. The lowest BCUT2D eigenvalue weighted by atomic mass is 9.82. The maximum atomic E-state index is 12.5. The smallest absolute Gasteiger partial charge is 0.311 e. The number of carboxylic acid groups (broad SMARTS) is 1. The number of hydrogen-bond acceptors (Lipinski definition) is 4. The van der Waals surface area contributed by atoms with Gasteiger partial charge in [-0.1, -0.05) is 19.9 Å². The fourth-order valence-corrected chi connectivity index (χ4v) is 4.61. The number of fused-ring (bicyclic) bond motifs is 1. The molecular formula is C19H27NO5S. The molecule has 0 aliphatic heterocycles. The maximum absolute atomic E-state index is 12.5. The van der Waals surface area contributed by atoms with Gasteiger partial charge in [-0.3, -0.25) is 9.59 Å². The van der Waals surface area contributed by atoms with Gasteiger partial charge in [0.25, 0.3) is 0 Å². The van der Waals surface area contributed by atoms with Crippen LogP contribution in [-0.4, -0.2) is 37.7 Å². The third-order valence-electron chi connectivity index (χ3n) is 5.46.